The molecule has 2 aromatic rings. The van der Waals surface area contributed by atoms with E-state index in [0.717, 1.165) is 43.2 Å². The number of pyridine rings is 1. The van der Waals surface area contributed by atoms with Gasteiger partial charge in [-0.15, -0.1) is 0 Å². The minimum Gasteiger partial charge on any atom is -0.368 e. The lowest BCUT2D eigenvalue weighted by Crippen LogP contribution is -2.46. The smallest absolute Gasteiger partial charge is 0.234 e. The number of nitrogens with two attached hydrogens (primary N) is 1. The van der Waals surface area contributed by atoms with Crippen LogP contribution in [0.4, 0.5) is 15.9 Å². The van der Waals surface area contributed by atoms with Crippen LogP contribution in [0.15, 0.2) is 42.6 Å². The summed E-state index contributed by atoms with van der Waals surface area (Å²) in [6, 6.07) is 10.5. The van der Waals surface area contributed by atoms with Gasteiger partial charge >= 0.3 is 0 Å². The fraction of sp³-hybridized carbons (Fsp3) is 0.333. The number of benzene rings is 1. The Kier molecular flexibility index (Phi) is 5.45. The number of nitrogens with zero attached hydrogens (tertiary/aromatic N) is 3. The van der Waals surface area contributed by atoms with Crippen LogP contribution < -0.4 is 20.9 Å². The van der Waals surface area contributed by atoms with Gasteiger partial charge in [0.1, 0.15) is 11.6 Å². The molecule has 1 aromatic heterocycles. The molecular weight excluding hydrogens is 321 g/mol. The van der Waals surface area contributed by atoms with Crippen molar-refractivity contribution in [2.24, 2.45) is 5.73 Å². The third-order valence-electron chi connectivity index (χ3n) is 4.28. The van der Waals surface area contributed by atoms with E-state index in [-0.39, 0.29) is 18.3 Å². The maximum Gasteiger partial charge on any atom is 0.234 e. The Balaban J connectivity index is 1.59. The van der Waals surface area contributed by atoms with Gasteiger partial charge in [-0.25, -0.2) is 9.37 Å². The lowest BCUT2D eigenvalue weighted by atomic mass is 10.2. The molecule has 7 heteroatoms. The van der Waals surface area contributed by atoms with Crippen molar-refractivity contribution in [3.05, 3.63) is 54.0 Å². The molecule has 3 N–H and O–H groups in total. The van der Waals surface area contributed by atoms with Gasteiger partial charge in [-0.05, 0) is 42.0 Å². The van der Waals surface area contributed by atoms with Gasteiger partial charge in [0, 0.05) is 44.6 Å². The fourth-order valence-electron chi connectivity index (χ4n) is 2.86. The molecule has 0 saturated carbocycles. The number of amides is 1. The van der Waals surface area contributed by atoms with E-state index in [9.17, 15) is 9.18 Å². The van der Waals surface area contributed by atoms with E-state index >= 15 is 0 Å². The minimum atomic E-state index is -0.217. The summed E-state index contributed by atoms with van der Waals surface area (Å²) in [5, 5.41) is 2.76. The first kappa shape index (κ1) is 17.2. The first-order valence-electron chi connectivity index (χ1n) is 8.33. The van der Waals surface area contributed by atoms with Crippen molar-refractivity contribution in [2.75, 3.05) is 42.5 Å². The van der Waals surface area contributed by atoms with Crippen LogP contribution in [-0.4, -0.2) is 43.6 Å². The molecular formula is C18H22FN5O. The van der Waals surface area contributed by atoms with E-state index in [1.165, 1.54) is 12.1 Å². The molecule has 1 amide bonds. The number of carbonyl (C=O) groups excluding carboxylic acids is 1. The van der Waals surface area contributed by atoms with Gasteiger partial charge in [-0.3, -0.25) is 4.79 Å². The monoisotopic (exact) mass is 343 g/mol. The average molecular weight is 343 g/mol. The SMILES string of the molecule is NCC(=O)NCc1ccnc(N2CCN(c3ccc(F)cc3)CC2)c1. The van der Waals surface area contributed by atoms with Gasteiger partial charge in [0.15, 0.2) is 0 Å². The average Bonchev–Trinajstić information content (AvgIpc) is 2.67. The number of aromatic nitrogens is 1. The van der Waals surface area contributed by atoms with Crippen molar-refractivity contribution in [1.29, 1.82) is 0 Å². The van der Waals surface area contributed by atoms with Crippen molar-refractivity contribution in [3.63, 3.8) is 0 Å². The Morgan fingerprint density at radius 2 is 1.80 bits per heavy atom. The van der Waals surface area contributed by atoms with E-state index in [1.807, 2.05) is 24.3 Å². The van der Waals surface area contributed by atoms with Crippen LogP contribution in [0.3, 0.4) is 0 Å². The molecule has 3 rings (SSSR count). The van der Waals surface area contributed by atoms with Crippen LogP contribution in [0.1, 0.15) is 5.56 Å². The molecule has 0 bridgehead atoms. The molecule has 1 aliphatic heterocycles. The Bertz CT molecular complexity index is 714. The van der Waals surface area contributed by atoms with Crippen molar-refractivity contribution < 1.29 is 9.18 Å². The van der Waals surface area contributed by atoms with Crippen LogP contribution in [0.2, 0.25) is 0 Å². The molecule has 1 aromatic carbocycles. The highest BCUT2D eigenvalue weighted by atomic mass is 19.1. The van der Waals surface area contributed by atoms with E-state index in [2.05, 4.69) is 20.1 Å². The van der Waals surface area contributed by atoms with E-state index in [1.54, 1.807) is 6.20 Å². The first-order chi connectivity index (χ1) is 12.2. The Morgan fingerprint density at radius 3 is 2.48 bits per heavy atom. The second-order valence-corrected chi connectivity index (χ2v) is 5.95. The number of hydrogen-bond donors (Lipinski definition) is 2. The predicted molar refractivity (Wildman–Crippen MR) is 96.0 cm³/mol. The van der Waals surface area contributed by atoms with Gasteiger partial charge in [0.05, 0.1) is 6.54 Å². The van der Waals surface area contributed by atoms with Crippen LogP contribution >= 0.6 is 0 Å². The zero-order chi connectivity index (χ0) is 17.6. The molecule has 0 aliphatic carbocycles. The molecule has 6 nitrogen and oxygen atoms in total. The lowest BCUT2D eigenvalue weighted by molar-refractivity contribution is -0.119. The second kappa shape index (κ2) is 7.94. The molecule has 132 valence electrons. The maximum atomic E-state index is 13.0. The minimum absolute atomic E-state index is 0.0106. The van der Waals surface area contributed by atoms with E-state index < -0.39 is 0 Å². The molecule has 1 fully saturated rings. The van der Waals surface area contributed by atoms with Crippen LogP contribution in [-0.2, 0) is 11.3 Å². The largest absolute Gasteiger partial charge is 0.368 e. The van der Waals surface area contributed by atoms with E-state index in [0.29, 0.717) is 6.54 Å². The summed E-state index contributed by atoms with van der Waals surface area (Å²) < 4.78 is 13.0. The zero-order valence-corrected chi connectivity index (χ0v) is 14.0. The standard InChI is InChI=1S/C18H22FN5O/c19-15-1-3-16(4-2-15)23-7-9-24(10-8-23)17-11-14(5-6-21-17)13-22-18(25)12-20/h1-6,11H,7-10,12-13,20H2,(H,22,25). The third kappa shape index (κ3) is 4.45. The van der Waals surface area contributed by atoms with Gasteiger partial charge in [0.2, 0.25) is 5.91 Å². The van der Waals surface area contributed by atoms with Gasteiger partial charge in [0.25, 0.3) is 0 Å². The quantitative estimate of drug-likeness (QED) is 0.851. The predicted octanol–water partition coefficient (Wildman–Crippen LogP) is 1.12. The number of nitrogens with one attached hydrogen (secondary N) is 1. The number of anilines is 2. The highest BCUT2D eigenvalue weighted by Gasteiger charge is 2.18. The maximum absolute atomic E-state index is 13.0. The van der Waals surface area contributed by atoms with Crippen LogP contribution in [0, 0.1) is 5.82 Å². The number of piperazine rings is 1. The van der Waals surface area contributed by atoms with Gasteiger partial charge in [-0.2, -0.15) is 0 Å². The zero-order valence-electron chi connectivity index (χ0n) is 14.0. The van der Waals surface area contributed by atoms with Crippen molar-refractivity contribution in [2.45, 2.75) is 6.54 Å². The second-order valence-electron chi connectivity index (χ2n) is 5.95. The molecule has 0 radical (unpaired) electrons. The third-order valence-corrected chi connectivity index (χ3v) is 4.28. The molecule has 0 atom stereocenters. The first-order valence-corrected chi connectivity index (χ1v) is 8.33. The molecule has 1 aliphatic rings. The molecule has 2 heterocycles. The highest BCUT2D eigenvalue weighted by Crippen LogP contribution is 2.20. The summed E-state index contributed by atoms with van der Waals surface area (Å²) in [6.45, 7) is 3.80. The lowest BCUT2D eigenvalue weighted by Gasteiger charge is -2.36. The van der Waals surface area contributed by atoms with Crippen molar-refractivity contribution in [1.82, 2.24) is 10.3 Å². The fourth-order valence-corrected chi connectivity index (χ4v) is 2.86. The number of rotatable bonds is 5. The van der Waals surface area contributed by atoms with Crippen LogP contribution in [0.25, 0.3) is 0 Å². The summed E-state index contributed by atoms with van der Waals surface area (Å²) in [6.07, 6.45) is 1.76. The normalized spacial score (nSPS) is 14.5. The molecule has 0 spiro atoms. The van der Waals surface area contributed by atoms with E-state index in [4.69, 9.17) is 5.73 Å². The van der Waals surface area contributed by atoms with Gasteiger partial charge < -0.3 is 20.9 Å². The van der Waals surface area contributed by atoms with Gasteiger partial charge in [-0.1, -0.05) is 0 Å². The summed E-state index contributed by atoms with van der Waals surface area (Å²) in [5.41, 5.74) is 7.32. The molecule has 1 saturated heterocycles. The number of halogens is 1. The summed E-state index contributed by atoms with van der Waals surface area (Å²) in [7, 11) is 0. The summed E-state index contributed by atoms with van der Waals surface area (Å²) in [5.74, 6) is 0.509. The van der Waals surface area contributed by atoms with Crippen molar-refractivity contribution >= 4 is 17.4 Å². The highest BCUT2D eigenvalue weighted by molar-refractivity contribution is 5.77. The topological polar surface area (TPSA) is 74.5 Å². The Morgan fingerprint density at radius 1 is 1.12 bits per heavy atom. The Hall–Kier alpha value is -2.67. The van der Waals surface area contributed by atoms with Crippen molar-refractivity contribution in [3.8, 4) is 0 Å². The number of carbonyl (C=O) groups is 1. The summed E-state index contributed by atoms with van der Waals surface area (Å²) >= 11 is 0. The summed E-state index contributed by atoms with van der Waals surface area (Å²) in [4.78, 5) is 20.2. The van der Waals surface area contributed by atoms with Crippen LogP contribution in [0.5, 0.6) is 0 Å². The Labute approximate surface area is 146 Å². The number of hydrogen-bond acceptors (Lipinski definition) is 5. The molecule has 0 unspecified atom stereocenters. The molecule has 25 heavy (non-hydrogen) atoms.